The number of likely N-dealkylation sites (N-methyl/N-ethyl adjacent to an activating group) is 1. The first kappa shape index (κ1) is 14.3. The summed E-state index contributed by atoms with van der Waals surface area (Å²) in [6, 6.07) is 3.70. The molecule has 1 amide bonds. The Morgan fingerprint density at radius 3 is 2.75 bits per heavy atom. The second-order valence-corrected chi connectivity index (χ2v) is 5.02. The minimum Gasteiger partial charge on any atom is -0.467 e. The molecule has 2 rings (SSSR count). The van der Waals surface area contributed by atoms with Gasteiger partial charge in [0, 0.05) is 18.8 Å². The number of aromatic amines is 1. The lowest BCUT2D eigenvalue weighted by Gasteiger charge is -2.23. The number of H-pyrrole nitrogens is 1. The first-order valence-electron chi connectivity index (χ1n) is 6.54. The molecule has 20 heavy (non-hydrogen) atoms. The summed E-state index contributed by atoms with van der Waals surface area (Å²) in [4.78, 5) is 16.4. The van der Waals surface area contributed by atoms with Crippen LogP contribution in [-0.4, -0.2) is 53.1 Å². The van der Waals surface area contributed by atoms with Crippen LogP contribution in [0.2, 0.25) is 0 Å². The quantitative estimate of drug-likeness (QED) is 0.868. The third kappa shape index (κ3) is 3.48. The maximum absolute atomic E-state index is 12.6. The molecule has 0 aliphatic rings. The Morgan fingerprint density at radius 2 is 2.20 bits per heavy atom. The lowest BCUT2D eigenvalue weighted by atomic mass is 10.2. The molecule has 0 aliphatic carbocycles. The van der Waals surface area contributed by atoms with E-state index >= 15 is 0 Å². The summed E-state index contributed by atoms with van der Waals surface area (Å²) in [5.74, 6) is 0.743. The van der Waals surface area contributed by atoms with Crippen molar-refractivity contribution in [3.05, 3.63) is 41.6 Å². The molecule has 0 saturated heterocycles. The zero-order valence-corrected chi connectivity index (χ0v) is 12.1. The second-order valence-electron chi connectivity index (χ2n) is 5.02. The van der Waals surface area contributed by atoms with Gasteiger partial charge in [-0.3, -0.25) is 9.89 Å². The fraction of sp³-hybridized carbons (Fsp3) is 0.429. The number of aryl methyl sites for hydroxylation is 1. The number of carbonyl (C=O) groups excluding carboxylic acids is 1. The van der Waals surface area contributed by atoms with Gasteiger partial charge in [0.2, 0.25) is 0 Å². The molecule has 0 aromatic carbocycles. The van der Waals surface area contributed by atoms with Crippen molar-refractivity contribution >= 4 is 5.91 Å². The maximum Gasteiger partial charge on any atom is 0.257 e. The van der Waals surface area contributed by atoms with Gasteiger partial charge in [-0.05, 0) is 33.2 Å². The zero-order valence-electron chi connectivity index (χ0n) is 12.1. The Labute approximate surface area is 118 Å². The van der Waals surface area contributed by atoms with Gasteiger partial charge in [-0.25, -0.2) is 0 Å². The summed E-state index contributed by atoms with van der Waals surface area (Å²) in [7, 11) is 3.97. The van der Waals surface area contributed by atoms with Crippen molar-refractivity contribution < 1.29 is 9.21 Å². The van der Waals surface area contributed by atoms with Crippen LogP contribution in [0.5, 0.6) is 0 Å². The van der Waals surface area contributed by atoms with E-state index in [2.05, 4.69) is 10.2 Å². The van der Waals surface area contributed by atoms with Gasteiger partial charge in [0.25, 0.3) is 5.91 Å². The summed E-state index contributed by atoms with van der Waals surface area (Å²) in [6.07, 6.45) is 3.19. The lowest BCUT2D eigenvalue weighted by Crippen LogP contribution is -2.36. The minimum absolute atomic E-state index is 0.0329. The molecule has 0 spiro atoms. The van der Waals surface area contributed by atoms with Crippen molar-refractivity contribution in [2.45, 2.75) is 13.5 Å². The highest BCUT2D eigenvalue weighted by Gasteiger charge is 2.20. The highest BCUT2D eigenvalue weighted by Crippen LogP contribution is 2.12. The van der Waals surface area contributed by atoms with Crippen LogP contribution in [-0.2, 0) is 6.54 Å². The van der Waals surface area contributed by atoms with E-state index in [0.717, 1.165) is 18.0 Å². The van der Waals surface area contributed by atoms with E-state index < -0.39 is 0 Å². The number of nitrogens with zero attached hydrogens (tertiary/aromatic N) is 3. The standard InChI is InChI=1S/C14H20N4O2/c1-11-13(9-15-16-11)14(19)18(7-6-17(2)3)10-12-5-4-8-20-12/h4-5,8-9H,6-7,10H2,1-3H3,(H,15,16). The topological polar surface area (TPSA) is 65.4 Å². The molecule has 2 aromatic heterocycles. The van der Waals surface area contributed by atoms with Crippen LogP contribution < -0.4 is 0 Å². The average Bonchev–Trinajstić information content (AvgIpc) is 3.04. The van der Waals surface area contributed by atoms with Crippen LogP contribution in [0.1, 0.15) is 21.8 Å². The molecule has 2 aromatic rings. The van der Waals surface area contributed by atoms with E-state index in [1.807, 2.05) is 38.1 Å². The first-order valence-corrected chi connectivity index (χ1v) is 6.54. The summed E-state index contributed by atoms with van der Waals surface area (Å²) < 4.78 is 5.34. The SMILES string of the molecule is Cc1[nH]ncc1C(=O)N(CCN(C)C)Cc1ccco1. The van der Waals surface area contributed by atoms with Crippen LogP contribution in [0.3, 0.4) is 0 Å². The number of hydrogen-bond acceptors (Lipinski definition) is 4. The van der Waals surface area contributed by atoms with E-state index in [1.165, 1.54) is 0 Å². The predicted octanol–water partition coefficient (Wildman–Crippen LogP) is 1.52. The molecule has 108 valence electrons. The Kier molecular flexibility index (Phi) is 4.57. The maximum atomic E-state index is 12.6. The summed E-state index contributed by atoms with van der Waals surface area (Å²) in [6.45, 7) is 3.74. The number of furan rings is 1. The van der Waals surface area contributed by atoms with Gasteiger partial charge in [0.05, 0.1) is 24.6 Å². The molecule has 0 aliphatic heterocycles. The van der Waals surface area contributed by atoms with Crippen LogP contribution in [0, 0.1) is 6.92 Å². The molecular formula is C14H20N4O2. The summed E-state index contributed by atoms with van der Waals surface area (Å²) in [5, 5.41) is 6.71. The van der Waals surface area contributed by atoms with Crippen molar-refractivity contribution in [1.29, 1.82) is 0 Å². The molecule has 0 saturated carbocycles. The molecule has 0 bridgehead atoms. The van der Waals surface area contributed by atoms with E-state index in [1.54, 1.807) is 17.4 Å². The van der Waals surface area contributed by atoms with Crippen LogP contribution in [0.4, 0.5) is 0 Å². The van der Waals surface area contributed by atoms with Gasteiger partial charge in [-0.2, -0.15) is 5.10 Å². The molecule has 0 atom stereocenters. The Hall–Kier alpha value is -2.08. The monoisotopic (exact) mass is 276 g/mol. The highest BCUT2D eigenvalue weighted by molar-refractivity contribution is 5.94. The molecule has 6 heteroatoms. The van der Waals surface area contributed by atoms with E-state index in [-0.39, 0.29) is 5.91 Å². The highest BCUT2D eigenvalue weighted by atomic mass is 16.3. The van der Waals surface area contributed by atoms with Gasteiger partial charge in [-0.1, -0.05) is 0 Å². The number of rotatable bonds is 6. The summed E-state index contributed by atoms with van der Waals surface area (Å²) >= 11 is 0. The van der Waals surface area contributed by atoms with Crippen molar-refractivity contribution in [1.82, 2.24) is 20.0 Å². The number of carbonyl (C=O) groups is 1. The van der Waals surface area contributed by atoms with Crippen molar-refractivity contribution in [2.24, 2.45) is 0 Å². The minimum atomic E-state index is -0.0329. The number of hydrogen-bond donors (Lipinski definition) is 1. The van der Waals surface area contributed by atoms with Gasteiger partial charge >= 0.3 is 0 Å². The van der Waals surface area contributed by atoms with Gasteiger partial charge in [-0.15, -0.1) is 0 Å². The lowest BCUT2D eigenvalue weighted by molar-refractivity contribution is 0.0719. The Bertz CT molecular complexity index is 545. The third-order valence-electron chi connectivity index (χ3n) is 3.09. The molecule has 6 nitrogen and oxygen atoms in total. The molecule has 0 fully saturated rings. The molecule has 0 radical (unpaired) electrons. The largest absolute Gasteiger partial charge is 0.467 e. The number of amides is 1. The van der Waals surface area contributed by atoms with Gasteiger partial charge in [0.1, 0.15) is 5.76 Å². The number of nitrogens with one attached hydrogen (secondary N) is 1. The second kappa shape index (κ2) is 6.38. The van der Waals surface area contributed by atoms with Crippen molar-refractivity contribution in [3.63, 3.8) is 0 Å². The van der Waals surface area contributed by atoms with E-state index in [0.29, 0.717) is 18.7 Å². The van der Waals surface area contributed by atoms with Crippen LogP contribution in [0.15, 0.2) is 29.0 Å². The number of aromatic nitrogens is 2. The van der Waals surface area contributed by atoms with Gasteiger partial charge < -0.3 is 14.2 Å². The normalized spacial score (nSPS) is 11.0. The fourth-order valence-electron chi connectivity index (χ4n) is 1.90. The van der Waals surface area contributed by atoms with Crippen molar-refractivity contribution in [2.75, 3.05) is 27.2 Å². The molecule has 1 N–H and O–H groups in total. The molecular weight excluding hydrogens is 256 g/mol. The van der Waals surface area contributed by atoms with Gasteiger partial charge in [0.15, 0.2) is 0 Å². The predicted molar refractivity (Wildman–Crippen MR) is 75.3 cm³/mol. The molecule has 2 heterocycles. The average molecular weight is 276 g/mol. The smallest absolute Gasteiger partial charge is 0.257 e. The first-order chi connectivity index (χ1) is 9.58. The fourth-order valence-corrected chi connectivity index (χ4v) is 1.90. The third-order valence-corrected chi connectivity index (χ3v) is 3.09. The Morgan fingerprint density at radius 1 is 1.40 bits per heavy atom. The van der Waals surface area contributed by atoms with Crippen molar-refractivity contribution in [3.8, 4) is 0 Å². The summed E-state index contributed by atoms with van der Waals surface area (Å²) in [5.41, 5.74) is 1.39. The zero-order chi connectivity index (χ0) is 14.5. The molecule has 0 unspecified atom stereocenters. The van der Waals surface area contributed by atoms with E-state index in [9.17, 15) is 4.79 Å². The van der Waals surface area contributed by atoms with E-state index in [4.69, 9.17) is 4.42 Å². The van der Waals surface area contributed by atoms with Crippen LogP contribution >= 0.6 is 0 Å². The Balaban J connectivity index is 2.12. The van der Waals surface area contributed by atoms with Crippen LogP contribution in [0.25, 0.3) is 0 Å².